The van der Waals surface area contributed by atoms with E-state index in [1.807, 2.05) is 31.1 Å². The van der Waals surface area contributed by atoms with Crippen LogP contribution in [0.3, 0.4) is 0 Å². The molecule has 0 aliphatic carbocycles. The fourth-order valence-corrected chi connectivity index (χ4v) is 2.82. The first-order valence-electron chi connectivity index (χ1n) is 8.79. The second-order valence-electron chi connectivity index (χ2n) is 6.45. The number of anilines is 3. The van der Waals surface area contributed by atoms with Crippen molar-refractivity contribution in [2.24, 2.45) is 0 Å². The van der Waals surface area contributed by atoms with Crippen LogP contribution in [0.25, 0.3) is 0 Å². The zero-order chi connectivity index (χ0) is 20.1. The smallest absolute Gasteiger partial charge is 0.387 e. The Morgan fingerprint density at radius 2 is 1.89 bits per heavy atom. The molecule has 10 heteroatoms. The molecule has 1 fully saturated rings. The van der Waals surface area contributed by atoms with Crippen molar-refractivity contribution in [3.63, 3.8) is 0 Å². The van der Waals surface area contributed by atoms with Gasteiger partial charge in [-0.25, -0.2) is 4.79 Å². The fraction of sp³-hybridized carbons (Fsp3) is 0.389. The van der Waals surface area contributed by atoms with Crippen LogP contribution in [0.4, 0.5) is 30.9 Å². The summed E-state index contributed by atoms with van der Waals surface area (Å²) < 4.78 is 29.0. The normalized spacial score (nSPS) is 14.2. The van der Waals surface area contributed by atoms with Gasteiger partial charge < -0.3 is 24.8 Å². The zero-order valence-corrected chi connectivity index (χ0v) is 15.7. The monoisotopic (exact) mass is 392 g/mol. The highest BCUT2D eigenvalue weighted by atomic mass is 19.3. The van der Waals surface area contributed by atoms with Gasteiger partial charge in [-0.3, -0.25) is 0 Å². The molecule has 0 bridgehead atoms. The van der Waals surface area contributed by atoms with Gasteiger partial charge in [0.25, 0.3) is 0 Å². The van der Waals surface area contributed by atoms with Crippen LogP contribution >= 0.6 is 0 Å². The summed E-state index contributed by atoms with van der Waals surface area (Å²) in [5, 5.41) is 11.1. The summed E-state index contributed by atoms with van der Waals surface area (Å²) in [6, 6.07) is 9.45. The Kier molecular flexibility index (Phi) is 6.07. The lowest BCUT2D eigenvalue weighted by Gasteiger charge is -2.35. The van der Waals surface area contributed by atoms with Crippen LogP contribution in [-0.4, -0.2) is 68.0 Å². The lowest BCUT2D eigenvalue weighted by molar-refractivity contribution is -0.0497. The van der Waals surface area contributed by atoms with Crippen molar-refractivity contribution in [1.29, 1.82) is 0 Å². The molecule has 150 valence electrons. The van der Waals surface area contributed by atoms with Crippen molar-refractivity contribution >= 4 is 23.4 Å². The van der Waals surface area contributed by atoms with Gasteiger partial charge in [0.1, 0.15) is 5.75 Å². The molecule has 0 spiro atoms. The van der Waals surface area contributed by atoms with E-state index in [0.717, 1.165) is 11.6 Å². The first-order chi connectivity index (χ1) is 13.4. The third-order valence-electron chi connectivity index (χ3n) is 4.30. The van der Waals surface area contributed by atoms with Gasteiger partial charge in [0.05, 0.1) is 0 Å². The van der Waals surface area contributed by atoms with Gasteiger partial charge in [-0.15, -0.1) is 10.2 Å². The lowest BCUT2D eigenvalue weighted by Crippen LogP contribution is -2.50. The maximum absolute atomic E-state index is 12.4. The second-order valence-corrected chi connectivity index (χ2v) is 6.45. The first kappa shape index (κ1) is 19.6. The van der Waals surface area contributed by atoms with Crippen LogP contribution in [0.1, 0.15) is 0 Å². The van der Waals surface area contributed by atoms with Gasteiger partial charge in [0.2, 0.25) is 0 Å². The van der Waals surface area contributed by atoms with Gasteiger partial charge in [-0.1, -0.05) is 6.07 Å². The van der Waals surface area contributed by atoms with E-state index in [1.165, 1.54) is 12.1 Å². The van der Waals surface area contributed by atoms with Gasteiger partial charge in [-0.05, 0) is 24.3 Å². The number of piperazine rings is 1. The van der Waals surface area contributed by atoms with Crippen LogP contribution in [0.2, 0.25) is 0 Å². The average Bonchev–Trinajstić information content (AvgIpc) is 2.68. The molecule has 0 unspecified atom stereocenters. The third kappa shape index (κ3) is 4.96. The molecule has 1 N–H and O–H groups in total. The van der Waals surface area contributed by atoms with Crippen molar-refractivity contribution in [2.75, 3.05) is 55.4 Å². The van der Waals surface area contributed by atoms with Crippen molar-refractivity contribution in [3.8, 4) is 5.75 Å². The second kappa shape index (κ2) is 8.68. The topological polar surface area (TPSA) is 73.8 Å². The Bertz CT molecular complexity index is 795. The van der Waals surface area contributed by atoms with Crippen LogP contribution < -0.4 is 19.9 Å². The van der Waals surface area contributed by atoms with Crippen LogP contribution in [0.5, 0.6) is 5.75 Å². The minimum Gasteiger partial charge on any atom is -0.435 e. The highest BCUT2D eigenvalue weighted by molar-refractivity contribution is 5.89. The SMILES string of the molecule is CN(C)c1ccc(N2CCN(C(=O)Nc3cccc(OC(F)F)c3)CC2)nn1. The highest BCUT2D eigenvalue weighted by Gasteiger charge is 2.22. The number of hydrogen-bond donors (Lipinski definition) is 1. The molecular formula is C18H22F2N6O2. The molecule has 2 aromatic rings. The molecule has 1 aliphatic rings. The molecule has 2 heterocycles. The number of benzene rings is 1. The Balaban J connectivity index is 1.53. The molecule has 28 heavy (non-hydrogen) atoms. The molecule has 2 amide bonds. The van der Waals surface area contributed by atoms with Crippen LogP contribution in [0.15, 0.2) is 36.4 Å². The minimum absolute atomic E-state index is 0.00244. The molecule has 0 atom stereocenters. The number of carbonyl (C=O) groups is 1. The zero-order valence-electron chi connectivity index (χ0n) is 15.7. The summed E-state index contributed by atoms with van der Waals surface area (Å²) in [4.78, 5) is 18.0. The molecular weight excluding hydrogens is 370 g/mol. The Labute approximate surface area is 161 Å². The minimum atomic E-state index is -2.91. The van der Waals surface area contributed by atoms with E-state index in [1.54, 1.807) is 17.0 Å². The first-order valence-corrected chi connectivity index (χ1v) is 8.79. The van der Waals surface area contributed by atoms with Gasteiger partial charge >= 0.3 is 12.6 Å². The number of aromatic nitrogens is 2. The van der Waals surface area contributed by atoms with E-state index in [4.69, 9.17) is 0 Å². The van der Waals surface area contributed by atoms with Gasteiger partial charge in [0, 0.05) is 52.0 Å². The Morgan fingerprint density at radius 1 is 1.14 bits per heavy atom. The quantitative estimate of drug-likeness (QED) is 0.843. The predicted octanol–water partition coefficient (Wildman–Crippen LogP) is 2.50. The Morgan fingerprint density at radius 3 is 2.50 bits per heavy atom. The van der Waals surface area contributed by atoms with Crippen LogP contribution in [-0.2, 0) is 0 Å². The molecule has 3 rings (SSSR count). The lowest BCUT2D eigenvalue weighted by atomic mass is 10.3. The summed E-state index contributed by atoms with van der Waals surface area (Å²) in [5.41, 5.74) is 0.399. The highest BCUT2D eigenvalue weighted by Crippen LogP contribution is 2.20. The van der Waals surface area contributed by atoms with Crippen molar-refractivity contribution < 1.29 is 18.3 Å². The van der Waals surface area contributed by atoms with Crippen molar-refractivity contribution in [3.05, 3.63) is 36.4 Å². The standard InChI is InChI=1S/C18H22F2N6O2/c1-24(2)15-6-7-16(23-22-15)25-8-10-26(11-9-25)18(27)21-13-4-3-5-14(12-13)28-17(19)20/h3-7,12,17H,8-11H2,1-2H3,(H,21,27). The summed E-state index contributed by atoms with van der Waals surface area (Å²) >= 11 is 0. The molecule has 0 radical (unpaired) electrons. The number of carbonyl (C=O) groups excluding carboxylic acids is 1. The number of rotatable bonds is 5. The third-order valence-corrected chi connectivity index (χ3v) is 4.30. The summed E-state index contributed by atoms with van der Waals surface area (Å²) in [6.07, 6.45) is 0. The van der Waals surface area contributed by atoms with Crippen molar-refractivity contribution in [1.82, 2.24) is 15.1 Å². The summed E-state index contributed by atoms with van der Waals surface area (Å²) in [6.45, 7) is -0.642. The maximum atomic E-state index is 12.4. The molecule has 1 saturated heterocycles. The molecule has 8 nitrogen and oxygen atoms in total. The van der Waals surface area contributed by atoms with E-state index in [-0.39, 0.29) is 11.8 Å². The fourth-order valence-electron chi connectivity index (χ4n) is 2.82. The molecule has 1 aromatic carbocycles. The number of amides is 2. The van der Waals surface area contributed by atoms with E-state index in [0.29, 0.717) is 31.9 Å². The van der Waals surface area contributed by atoms with E-state index >= 15 is 0 Å². The van der Waals surface area contributed by atoms with E-state index in [9.17, 15) is 13.6 Å². The molecule has 1 aromatic heterocycles. The summed E-state index contributed by atoms with van der Waals surface area (Å²) in [5.74, 6) is 1.54. The summed E-state index contributed by atoms with van der Waals surface area (Å²) in [7, 11) is 3.80. The molecule has 0 saturated carbocycles. The van der Waals surface area contributed by atoms with Gasteiger partial charge in [0.15, 0.2) is 11.6 Å². The van der Waals surface area contributed by atoms with Crippen LogP contribution in [0, 0.1) is 0 Å². The largest absolute Gasteiger partial charge is 0.435 e. The Hall–Kier alpha value is -3.17. The number of nitrogens with one attached hydrogen (secondary N) is 1. The van der Waals surface area contributed by atoms with Gasteiger partial charge in [-0.2, -0.15) is 8.78 Å². The van der Waals surface area contributed by atoms with E-state index in [2.05, 4.69) is 25.2 Å². The molecule has 1 aliphatic heterocycles. The number of urea groups is 1. The van der Waals surface area contributed by atoms with E-state index < -0.39 is 6.61 Å². The number of nitrogens with zero attached hydrogens (tertiary/aromatic N) is 5. The number of ether oxygens (including phenoxy) is 1. The predicted molar refractivity (Wildman–Crippen MR) is 102 cm³/mol. The number of hydrogen-bond acceptors (Lipinski definition) is 6. The average molecular weight is 392 g/mol. The number of alkyl halides is 2. The van der Waals surface area contributed by atoms with Crippen molar-refractivity contribution in [2.45, 2.75) is 6.61 Å². The maximum Gasteiger partial charge on any atom is 0.387 e. The number of halogens is 2.